The summed E-state index contributed by atoms with van der Waals surface area (Å²) in [5.41, 5.74) is 1.43. The summed E-state index contributed by atoms with van der Waals surface area (Å²) in [4.78, 5) is 4.44. The molecule has 2 rings (SSSR count). The Morgan fingerprint density at radius 3 is 2.85 bits per heavy atom. The number of hydrogen-bond donors (Lipinski definition) is 0. The van der Waals surface area contributed by atoms with E-state index in [2.05, 4.69) is 20.9 Å². The Kier molecular flexibility index (Phi) is 5.20. The first-order valence-electron chi connectivity index (χ1n) is 6.16. The third-order valence-electron chi connectivity index (χ3n) is 3.19. The Morgan fingerprint density at radius 2 is 2.25 bits per heavy atom. The van der Waals surface area contributed by atoms with E-state index in [0.717, 1.165) is 11.3 Å². The predicted molar refractivity (Wildman–Crippen MR) is 85.3 cm³/mol. The van der Waals surface area contributed by atoms with Crippen molar-refractivity contribution in [3.8, 4) is 0 Å². The number of imidazole rings is 1. The van der Waals surface area contributed by atoms with E-state index in [1.807, 2.05) is 11.5 Å². The van der Waals surface area contributed by atoms with Gasteiger partial charge in [-0.15, -0.1) is 11.6 Å². The van der Waals surface area contributed by atoms with Gasteiger partial charge < -0.3 is 4.57 Å². The van der Waals surface area contributed by atoms with Crippen molar-refractivity contribution in [3.63, 3.8) is 0 Å². The van der Waals surface area contributed by atoms with Crippen molar-refractivity contribution in [1.29, 1.82) is 0 Å². The van der Waals surface area contributed by atoms with Gasteiger partial charge in [0.15, 0.2) is 0 Å². The van der Waals surface area contributed by atoms with E-state index >= 15 is 0 Å². The second kappa shape index (κ2) is 6.54. The first-order valence-corrected chi connectivity index (χ1v) is 9.11. The Hall–Kier alpha value is -0.460. The van der Waals surface area contributed by atoms with Crippen molar-refractivity contribution >= 4 is 49.4 Å². The molecule has 0 aliphatic rings. The van der Waals surface area contributed by atoms with Crippen molar-refractivity contribution in [2.45, 2.75) is 25.1 Å². The van der Waals surface area contributed by atoms with Gasteiger partial charge in [0, 0.05) is 47.2 Å². The highest BCUT2D eigenvalue weighted by molar-refractivity contribution is 9.10. The molecule has 0 N–H and O–H groups in total. The molecular formula is C13H15BrClFN2OS. The largest absolute Gasteiger partial charge is 0.327 e. The van der Waals surface area contributed by atoms with E-state index in [9.17, 15) is 8.60 Å². The van der Waals surface area contributed by atoms with Crippen LogP contribution in [0.25, 0.3) is 11.0 Å². The van der Waals surface area contributed by atoms with Gasteiger partial charge in [-0.25, -0.2) is 9.37 Å². The van der Waals surface area contributed by atoms with Gasteiger partial charge in [-0.2, -0.15) is 0 Å². The summed E-state index contributed by atoms with van der Waals surface area (Å²) in [6, 6.07) is 3.11. The lowest BCUT2D eigenvalue weighted by molar-refractivity contribution is 0.621. The number of aryl methyl sites for hydroxylation is 1. The molecule has 2 aromatic rings. The minimum Gasteiger partial charge on any atom is -0.327 e. The Labute approximate surface area is 133 Å². The molecule has 0 saturated heterocycles. The number of aromatic nitrogens is 2. The zero-order valence-corrected chi connectivity index (χ0v) is 14.4. The van der Waals surface area contributed by atoms with Gasteiger partial charge >= 0.3 is 0 Å². The Morgan fingerprint density at radius 1 is 1.55 bits per heavy atom. The van der Waals surface area contributed by atoms with Crippen LogP contribution >= 0.6 is 27.5 Å². The average molecular weight is 382 g/mol. The minimum absolute atomic E-state index is 0.00898. The van der Waals surface area contributed by atoms with Gasteiger partial charge in [0.1, 0.15) is 11.6 Å². The second-order valence-corrected chi connectivity index (χ2v) is 7.68. The van der Waals surface area contributed by atoms with E-state index in [0.29, 0.717) is 28.8 Å². The quantitative estimate of drug-likeness (QED) is 0.743. The molecule has 0 saturated carbocycles. The normalized spacial score (nSPS) is 14.7. The molecule has 0 aliphatic carbocycles. The molecule has 0 radical (unpaired) electrons. The molecule has 7 heteroatoms. The molecule has 1 aromatic carbocycles. The molecule has 0 aliphatic heterocycles. The van der Waals surface area contributed by atoms with Crippen LogP contribution in [0.2, 0.25) is 0 Å². The first-order chi connectivity index (χ1) is 9.43. The van der Waals surface area contributed by atoms with Crippen LogP contribution in [-0.4, -0.2) is 31.1 Å². The van der Waals surface area contributed by atoms with Crippen molar-refractivity contribution in [2.75, 3.05) is 12.1 Å². The SMILES string of the molecule is CC(Cn1c(CCCl)nc2cc(F)c(Br)cc21)S(C)=O. The van der Waals surface area contributed by atoms with E-state index in [1.165, 1.54) is 6.07 Å². The highest BCUT2D eigenvalue weighted by atomic mass is 79.9. The van der Waals surface area contributed by atoms with Crippen molar-refractivity contribution in [2.24, 2.45) is 0 Å². The smallest absolute Gasteiger partial charge is 0.139 e. The van der Waals surface area contributed by atoms with Gasteiger partial charge in [-0.1, -0.05) is 0 Å². The lowest BCUT2D eigenvalue weighted by atomic mass is 10.3. The fraction of sp³-hybridized carbons (Fsp3) is 0.462. The van der Waals surface area contributed by atoms with Gasteiger partial charge in [0.2, 0.25) is 0 Å². The molecule has 1 aromatic heterocycles. The molecule has 0 spiro atoms. The monoisotopic (exact) mass is 380 g/mol. The van der Waals surface area contributed by atoms with Crippen molar-refractivity contribution < 1.29 is 8.60 Å². The molecule has 0 amide bonds. The highest BCUT2D eigenvalue weighted by Crippen LogP contribution is 2.25. The molecule has 2 atom stereocenters. The number of benzene rings is 1. The summed E-state index contributed by atoms with van der Waals surface area (Å²) < 4.78 is 27.6. The van der Waals surface area contributed by atoms with E-state index in [-0.39, 0.29) is 11.1 Å². The van der Waals surface area contributed by atoms with Crippen molar-refractivity contribution in [3.05, 3.63) is 28.2 Å². The summed E-state index contributed by atoms with van der Waals surface area (Å²) in [6.07, 6.45) is 2.28. The predicted octanol–water partition coefficient (Wildman–Crippen LogP) is 3.49. The van der Waals surface area contributed by atoms with E-state index < -0.39 is 10.8 Å². The third-order valence-corrected chi connectivity index (χ3v) is 5.27. The van der Waals surface area contributed by atoms with Crippen LogP contribution < -0.4 is 0 Å². The van der Waals surface area contributed by atoms with Crippen LogP contribution in [-0.2, 0) is 23.8 Å². The number of nitrogens with zero attached hydrogens (tertiary/aromatic N) is 2. The van der Waals surface area contributed by atoms with Crippen LogP contribution in [0.5, 0.6) is 0 Å². The number of hydrogen-bond acceptors (Lipinski definition) is 2. The number of rotatable bonds is 5. The topological polar surface area (TPSA) is 34.9 Å². The van der Waals surface area contributed by atoms with Crippen LogP contribution in [0.4, 0.5) is 4.39 Å². The van der Waals surface area contributed by atoms with Crippen LogP contribution in [0.15, 0.2) is 16.6 Å². The maximum absolute atomic E-state index is 13.6. The summed E-state index contributed by atoms with van der Waals surface area (Å²) >= 11 is 8.99. The highest BCUT2D eigenvalue weighted by Gasteiger charge is 2.16. The Bertz CT molecular complexity index is 661. The van der Waals surface area contributed by atoms with Gasteiger partial charge in [-0.05, 0) is 28.9 Å². The molecule has 0 bridgehead atoms. The van der Waals surface area contributed by atoms with E-state index in [1.54, 1.807) is 12.3 Å². The fourth-order valence-electron chi connectivity index (χ4n) is 2.01. The standard InChI is InChI=1S/C13H15BrClFN2OS/c1-8(20(2)19)7-18-12-5-9(14)10(16)6-11(12)17-13(18)3-4-15/h5-6,8H,3-4,7H2,1-2H3. The fourth-order valence-corrected chi connectivity index (χ4v) is 2.87. The molecule has 1 heterocycles. The second-order valence-electron chi connectivity index (χ2n) is 4.64. The zero-order chi connectivity index (χ0) is 14.9. The summed E-state index contributed by atoms with van der Waals surface area (Å²) in [5, 5.41) is -0.00898. The number of fused-ring (bicyclic) bond motifs is 1. The molecular weight excluding hydrogens is 367 g/mol. The minimum atomic E-state index is -0.927. The molecule has 110 valence electrons. The maximum Gasteiger partial charge on any atom is 0.139 e. The molecule has 2 unspecified atom stereocenters. The van der Waals surface area contributed by atoms with E-state index in [4.69, 9.17) is 11.6 Å². The summed E-state index contributed by atoms with van der Waals surface area (Å²) in [6.45, 7) is 2.49. The molecule has 3 nitrogen and oxygen atoms in total. The summed E-state index contributed by atoms with van der Waals surface area (Å²) in [5.74, 6) is 0.896. The van der Waals surface area contributed by atoms with Crippen molar-refractivity contribution in [1.82, 2.24) is 9.55 Å². The van der Waals surface area contributed by atoms with Crippen LogP contribution in [0, 0.1) is 5.82 Å². The number of halogens is 3. The van der Waals surface area contributed by atoms with Crippen LogP contribution in [0.3, 0.4) is 0 Å². The first kappa shape index (κ1) is 15.9. The molecule has 20 heavy (non-hydrogen) atoms. The number of alkyl halides is 1. The average Bonchev–Trinajstić information content (AvgIpc) is 2.68. The lowest BCUT2D eigenvalue weighted by Crippen LogP contribution is -2.19. The maximum atomic E-state index is 13.6. The Balaban J connectivity index is 2.55. The lowest BCUT2D eigenvalue weighted by Gasteiger charge is -2.13. The van der Waals surface area contributed by atoms with Crippen LogP contribution in [0.1, 0.15) is 12.7 Å². The zero-order valence-electron chi connectivity index (χ0n) is 11.2. The third kappa shape index (κ3) is 3.23. The summed E-state index contributed by atoms with van der Waals surface area (Å²) in [7, 11) is -0.927. The molecule has 0 fully saturated rings. The van der Waals surface area contributed by atoms with Gasteiger partial charge in [-0.3, -0.25) is 4.21 Å². The van der Waals surface area contributed by atoms with Gasteiger partial charge in [0.25, 0.3) is 0 Å². The van der Waals surface area contributed by atoms with Gasteiger partial charge in [0.05, 0.1) is 15.5 Å².